The van der Waals surface area contributed by atoms with E-state index in [4.69, 9.17) is 23.2 Å². The number of hydrogen-bond acceptors (Lipinski definition) is 12. The number of carbonyl (C=O) groups is 6. The number of carboxylic acids is 1. The van der Waals surface area contributed by atoms with E-state index >= 15 is 0 Å². The Bertz CT molecular complexity index is 1590. The van der Waals surface area contributed by atoms with Crippen molar-refractivity contribution in [3.63, 3.8) is 0 Å². The lowest BCUT2D eigenvalue weighted by molar-refractivity contribution is -0.174. The van der Waals surface area contributed by atoms with E-state index in [1.54, 1.807) is 37.6 Å². The zero-order valence-corrected chi connectivity index (χ0v) is 27.4. The van der Waals surface area contributed by atoms with E-state index in [1.807, 2.05) is 0 Å². The number of carbonyl (C=O) groups excluding carboxylic acids is 5. The highest BCUT2D eigenvalue weighted by atomic mass is 32.1. The van der Waals surface area contributed by atoms with Crippen LogP contribution in [0.4, 0.5) is 10.5 Å². The molecule has 1 aliphatic heterocycles. The first-order valence-corrected chi connectivity index (χ1v) is 14.2. The molecule has 3 aromatic carbocycles. The predicted octanol–water partition coefficient (Wildman–Crippen LogP) is 2.71. The maximum Gasteiger partial charge on any atom is 0.539 e. The zero-order chi connectivity index (χ0) is 38.6. The van der Waals surface area contributed by atoms with E-state index in [0.29, 0.717) is 16.3 Å². The van der Waals surface area contributed by atoms with Crippen LogP contribution in [0.2, 0.25) is 0 Å². The number of phenolic OH excluding ortho intramolecular Hbond substituents is 1. The van der Waals surface area contributed by atoms with Crippen molar-refractivity contribution in [1.82, 2.24) is 15.7 Å². The van der Waals surface area contributed by atoms with Gasteiger partial charge in [-0.3, -0.25) is 24.0 Å². The molecule has 3 aromatic rings. The second-order valence-corrected chi connectivity index (χ2v) is 8.19. The van der Waals surface area contributed by atoms with E-state index in [2.05, 4.69) is 27.6 Å². The van der Waals surface area contributed by atoms with Gasteiger partial charge in [0.15, 0.2) is 0 Å². The van der Waals surface area contributed by atoms with Crippen LogP contribution in [0.3, 0.4) is 0 Å². The highest BCUT2D eigenvalue weighted by Gasteiger charge is 2.33. The van der Waals surface area contributed by atoms with Crippen molar-refractivity contribution in [2.75, 3.05) is 33.1 Å². The standard InChI is InChI=1S/C13H12N2O6.C8H9NO2.C7H7NO2.C2H2.CH5N.CH4S/c1-14-12(18)8-3-2-4-9(7-8)20-13(19)21-15-10(16)5-6-11(15)17;1-9-8(11)6-3-2-4-7(10)5-6;8-6-3-1-2-5(4-6)7(9)10;3*1-2/h2-4,7H,5-6H2,1H3,(H,14,18);2-5,10H,1H3,(H,9,11);1-4H,8H2,(H,9,10);1-2H;2H2,1H3;2H,1H3/i;;;1D;;/hD. The summed E-state index contributed by atoms with van der Waals surface area (Å²) in [6, 6.07) is 18.2. The summed E-state index contributed by atoms with van der Waals surface area (Å²) in [5.41, 5.74) is 11.3. The van der Waals surface area contributed by atoms with Crippen molar-refractivity contribution in [3.8, 4) is 24.3 Å². The number of amides is 4. The SMILES string of the molecule is CN.CNC(=O)c1cccc(O)c1.CNC(=O)c1cccc(OC(=O)ON2C(=O)CCC2=O)c1.Nc1cccc(C(=O)O)c1.[2H]C#C.[2H]SC. The van der Waals surface area contributed by atoms with Gasteiger partial charge in [-0.1, -0.05) is 23.3 Å². The minimum Gasteiger partial charge on any atom is -0.508 e. The number of ether oxygens (including phenoxy) is 1. The minimum atomic E-state index is -1.23. The molecular formula is C32H39N5O10S. The van der Waals surface area contributed by atoms with E-state index in [-0.39, 0.29) is 47.3 Å². The van der Waals surface area contributed by atoms with Crippen LogP contribution in [-0.4, -0.2) is 79.6 Å². The number of nitrogen functional groups attached to an aromatic ring is 1. The molecule has 0 saturated carbocycles. The van der Waals surface area contributed by atoms with Crippen LogP contribution in [0.5, 0.6) is 11.5 Å². The molecule has 0 atom stereocenters. The lowest BCUT2D eigenvalue weighted by Gasteiger charge is -2.12. The lowest BCUT2D eigenvalue weighted by atomic mass is 10.2. The van der Waals surface area contributed by atoms with Gasteiger partial charge in [0.25, 0.3) is 23.6 Å². The molecule has 1 saturated heterocycles. The number of phenols is 1. The Hall–Kier alpha value is -6.05. The van der Waals surface area contributed by atoms with Crippen LogP contribution >= 0.6 is 12.5 Å². The maximum atomic E-state index is 11.5. The van der Waals surface area contributed by atoms with Gasteiger partial charge in [0.05, 0.1) is 5.56 Å². The Kier molecular flexibility index (Phi) is 21.0. The van der Waals surface area contributed by atoms with Gasteiger partial charge >= 0.3 is 12.1 Å². The van der Waals surface area contributed by atoms with Gasteiger partial charge in [0, 0.05) is 43.8 Å². The monoisotopic (exact) mass is 687 g/mol. The Labute approximate surface area is 286 Å². The molecule has 1 aliphatic rings. The number of hydrogen-bond donors (Lipinski definition) is 7. The number of benzene rings is 3. The van der Waals surface area contributed by atoms with Crippen LogP contribution in [0, 0.1) is 12.8 Å². The first-order chi connectivity index (χ1) is 23.8. The smallest absolute Gasteiger partial charge is 0.508 e. The van der Waals surface area contributed by atoms with Crippen molar-refractivity contribution in [2.24, 2.45) is 5.73 Å². The third-order valence-corrected chi connectivity index (χ3v) is 5.17. The van der Waals surface area contributed by atoms with Crippen LogP contribution < -0.4 is 26.8 Å². The normalized spacial score (nSPS) is 10.9. The molecule has 0 unspecified atom stereocenters. The quantitative estimate of drug-likeness (QED) is 0.0512. The predicted molar refractivity (Wildman–Crippen MR) is 182 cm³/mol. The number of nitrogens with two attached hydrogens (primary N) is 2. The molecule has 15 nitrogen and oxygen atoms in total. The van der Waals surface area contributed by atoms with Gasteiger partial charge in [-0.15, -0.1) is 12.8 Å². The van der Waals surface area contributed by atoms with E-state index in [0.717, 1.165) is 12.5 Å². The summed E-state index contributed by atoms with van der Waals surface area (Å²) in [5, 5.41) is 22.7. The first-order valence-electron chi connectivity index (χ1n) is 14.3. The Morgan fingerprint density at radius 2 is 1.35 bits per heavy atom. The summed E-state index contributed by atoms with van der Waals surface area (Å²) in [7, 11) is 4.51. The number of rotatable bonds is 5. The van der Waals surface area contributed by atoms with Crippen LogP contribution in [0.1, 0.15) is 45.3 Å². The second kappa shape index (κ2) is 25.2. The number of imide groups is 1. The molecular weight excluding hydrogens is 646 g/mol. The molecule has 4 amide bonds. The number of nitrogens with zero attached hydrogens (tertiary/aromatic N) is 1. The third kappa shape index (κ3) is 16.3. The maximum absolute atomic E-state index is 11.5. The van der Waals surface area contributed by atoms with E-state index in [9.17, 15) is 28.8 Å². The summed E-state index contributed by atoms with van der Waals surface area (Å²) >= 11 is 1.000. The van der Waals surface area contributed by atoms with Crippen LogP contribution in [0.15, 0.2) is 72.8 Å². The highest BCUT2D eigenvalue weighted by molar-refractivity contribution is 7.79. The Morgan fingerprint density at radius 3 is 1.79 bits per heavy atom. The third-order valence-electron chi connectivity index (χ3n) is 5.17. The summed E-state index contributed by atoms with van der Waals surface area (Å²) < 4.78 is 16.7. The number of hydroxylamine groups is 2. The van der Waals surface area contributed by atoms with E-state index in [1.165, 1.54) is 69.0 Å². The molecule has 0 radical (unpaired) electrons. The van der Waals surface area contributed by atoms with E-state index < -0.39 is 23.9 Å². The molecule has 1 heterocycles. The van der Waals surface area contributed by atoms with Crippen LogP contribution in [0.25, 0.3) is 0 Å². The van der Waals surface area contributed by atoms with Crippen molar-refractivity contribution in [2.45, 2.75) is 12.8 Å². The number of anilines is 1. The molecule has 0 bridgehead atoms. The van der Waals surface area contributed by atoms with Gasteiger partial charge in [-0.05, 0) is 67.9 Å². The second-order valence-electron chi connectivity index (χ2n) is 8.19. The summed E-state index contributed by atoms with van der Waals surface area (Å²) in [5.74, 6) is -2.54. The summed E-state index contributed by atoms with van der Waals surface area (Å²) in [4.78, 5) is 71.3. The van der Waals surface area contributed by atoms with Crippen molar-refractivity contribution in [1.29, 1.82) is 1.12 Å². The minimum absolute atomic E-state index is 0.00172. The number of thiol groups is 1. The number of terminal acetylenes is 1. The average molecular weight is 688 g/mol. The van der Waals surface area contributed by atoms with Gasteiger partial charge in [0.2, 0.25) is 0 Å². The average Bonchev–Trinajstić information content (AvgIpc) is 3.42. The van der Waals surface area contributed by atoms with Crippen molar-refractivity contribution >= 4 is 54.0 Å². The molecule has 0 spiro atoms. The molecule has 4 rings (SSSR count). The van der Waals surface area contributed by atoms with Crippen LogP contribution in [-0.2, 0) is 14.4 Å². The number of carboxylic acid groups (broad SMARTS) is 1. The molecule has 16 heteroatoms. The topological polar surface area (TPSA) is 241 Å². The molecule has 0 aliphatic carbocycles. The lowest BCUT2D eigenvalue weighted by Crippen LogP contribution is -2.33. The van der Waals surface area contributed by atoms with Gasteiger partial charge in [-0.25, -0.2) is 9.59 Å². The fourth-order valence-corrected chi connectivity index (χ4v) is 3.16. The molecule has 8 N–H and O–H groups in total. The number of aromatic carboxylic acids is 1. The number of aromatic hydroxyl groups is 1. The number of nitrogens with one attached hydrogen (secondary N) is 2. The Balaban J connectivity index is 0. The van der Waals surface area contributed by atoms with Gasteiger partial charge in [-0.2, -0.15) is 12.5 Å². The fourth-order valence-electron chi connectivity index (χ4n) is 3.16. The molecule has 48 heavy (non-hydrogen) atoms. The fraction of sp³-hybridized carbons (Fsp3) is 0.188. The van der Waals surface area contributed by atoms with Crippen molar-refractivity contribution in [3.05, 3.63) is 89.5 Å². The van der Waals surface area contributed by atoms with Gasteiger partial charge in [0.1, 0.15) is 14.0 Å². The Morgan fingerprint density at radius 1 is 0.896 bits per heavy atom. The van der Waals surface area contributed by atoms with Crippen molar-refractivity contribution < 1.29 is 49.9 Å². The largest absolute Gasteiger partial charge is 0.539 e. The molecule has 1 fully saturated rings. The van der Waals surface area contributed by atoms with Gasteiger partial charge < -0.3 is 37.1 Å². The molecule has 258 valence electrons. The summed E-state index contributed by atoms with van der Waals surface area (Å²) in [6.45, 7) is 0. The first kappa shape index (κ1) is 40.0. The highest BCUT2D eigenvalue weighted by Crippen LogP contribution is 2.17. The zero-order valence-electron chi connectivity index (χ0n) is 28.6. The molecule has 0 aromatic heterocycles. The summed E-state index contributed by atoms with van der Waals surface area (Å²) in [6.07, 6.45) is 6.24.